The Morgan fingerprint density at radius 1 is 1.32 bits per heavy atom. The van der Waals surface area contributed by atoms with Crippen molar-refractivity contribution in [2.75, 3.05) is 20.8 Å². The van der Waals surface area contributed by atoms with Gasteiger partial charge in [0, 0.05) is 18.5 Å². The summed E-state index contributed by atoms with van der Waals surface area (Å²) < 4.78 is 10.5. The van der Waals surface area contributed by atoms with Crippen LogP contribution in [0.15, 0.2) is 18.2 Å². The topological polar surface area (TPSA) is 59.6 Å². The number of hydrogen-bond acceptors (Lipinski definition) is 4. The van der Waals surface area contributed by atoms with Crippen LogP contribution in [0.2, 0.25) is 0 Å². The van der Waals surface area contributed by atoms with Crippen molar-refractivity contribution < 1.29 is 14.3 Å². The molecular formula is C17H26N2O3. The number of methoxy groups -OCH3 is 2. The van der Waals surface area contributed by atoms with Gasteiger partial charge in [-0.2, -0.15) is 0 Å². The largest absolute Gasteiger partial charge is 0.493 e. The molecule has 0 aliphatic carbocycles. The lowest BCUT2D eigenvalue weighted by atomic mass is 9.99. The van der Waals surface area contributed by atoms with Crippen LogP contribution in [0.5, 0.6) is 11.5 Å². The van der Waals surface area contributed by atoms with E-state index in [0.29, 0.717) is 30.4 Å². The zero-order valence-corrected chi connectivity index (χ0v) is 13.6. The molecular weight excluding hydrogens is 280 g/mol. The van der Waals surface area contributed by atoms with Gasteiger partial charge >= 0.3 is 0 Å². The summed E-state index contributed by atoms with van der Waals surface area (Å²) in [5.41, 5.74) is 1.07. The van der Waals surface area contributed by atoms with Crippen LogP contribution in [-0.2, 0) is 11.2 Å². The highest BCUT2D eigenvalue weighted by Gasteiger charge is 2.22. The van der Waals surface area contributed by atoms with Gasteiger partial charge in [-0.3, -0.25) is 4.79 Å². The Balaban J connectivity index is 1.85. The van der Waals surface area contributed by atoms with Crippen molar-refractivity contribution in [3.63, 3.8) is 0 Å². The molecule has 122 valence electrons. The van der Waals surface area contributed by atoms with E-state index < -0.39 is 0 Å². The third-order valence-corrected chi connectivity index (χ3v) is 4.20. The van der Waals surface area contributed by atoms with Crippen LogP contribution in [0.1, 0.15) is 31.7 Å². The highest BCUT2D eigenvalue weighted by atomic mass is 16.5. The molecule has 1 aromatic rings. The van der Waals surface area contributed by atoms with Crippen molar-refractivity contribution in [3.05, 3.63) is 23.8 Å². The molecule has 0 radical (unpaired) electrons. The molecule has 0 bridgehead atoms. The van der Waals surface area contributed by atoms with Crippen molar-refractivity contribution in [1.29, 1.82) is 0 Å². The van der Waals surface area contributed by atoms with Crippen LogP contribution in [0.25, 0.3) is 0 Å². The Kier molecular flexibility index (Phi) is 6.07. The maximum absolute atomic E-state index is 12.1. The van der Waals surface area contributed by atoms with Crippen molar-refractivity contribution in [3.8, 4) is 11.5 Å². The quantitative estimate of drug-likeness (QED) is 0.843. The van der Waals surface area contributed by atoms with Crippen molar-refractivity contribution in [2.24, 2.45) is 0 Å². The molecule has 22 heavy (non-hydrogen) atoms. The Morgan fingerprint density at radius 2 is 2.09 bits per heavy atom. The molecule has 2 unspecified atom stereocenters. The fourth-order valence-corrected chi connectivity index (χ4v) is 2.81. The van der Waals surface area contributed by atoms with Gasteiger partial charge in [-0.25, -0.2) is 0 Å². The normalized spacial score (nSPS) is 21.2. The number of ether oxygens (including phenoxy) is 2. The number of rotatable bonds is 6. The number of aryl methyl sites for hydroxylation is 1. The summed E-state index contributed by atoms with van der Waals surface area (Å²) in [6.07, 6.45) is 3.35. The second kappa shape index (κ2) is 8.03. The SMILES string of the molecule is COc1ccc(CCC(=O)NC2CCCNC2C)cc1OC. The monoisotopic (exact) mass is 306 g/mol. The Labute approximate surface area is 132 Å². The molecule has 1 fully saturated rings. The van der Waals surface area contributed by atoms with Crippen LogP contribution >= 0.6 is 0 Å². The number of carbonyl (C=O) groups is 1. The lowest BCUT2D eigenvalue weighted by Crippen LogP contribution is -2.51. The number of amides is 1. The Morgan fingerprint density at radius 3 is 2.77 bits per heavy atom. The van der Waals surface area contributed by atoms with Gasteiger partial charge < -0.3 is 20.1 Å². The van der Waals surface area contributed by atoms with Gasteiger partial charge in [0.1, 0.15) is 0 Å². The molecule has 1 aliphatic heterocycles. The highest BCUT2D eigenvalue weighted by Crippen LogP contribution is 2.27. The average molecular weight is 306 g/mol. The van der Waals surface area contributed by atoms with E-state index in [1.54, 1.807) is 14.2 Å². The smallest absolute Gasteiger partial charge is 0.220 e. The van der Waals surface area contributed by atoms with Gasteiger partial charge in [0.15, 0.2) is 11.5 Å². The van der Waals surface area contributed by atoms with Gasteiger partial charge in [0.25, 0.3) is 0 Å². The highest BCUT2D eigenvalue weighted by molar-refractivity contribution is 5.76. The zero-order chi connectivity index (χ0) is 15.9. The minimum absolute atomic E-state index is 0.107. The standard InChI is InChI=1S/C17H26N2O3/c1-12-14(5-4-10-18-12)19-17(20)9-7-13-6-8-15(21-2)16(11-13)22-3/h6,8,11-12,14,18H,4-5,7,9-10H2,1-3H3,(H,19,20). The molecule has 5 heteroatoms. The average Bonchev–Trinajstić information content (AvgIpc) is 2.54. The Hall–Kier alpha value is -1.75. The molecule has 0 saturated carbocycles. The summed E-state index contributed by atoms with van der Waals surface area (Å²) in [5, 5.41) is 6.53. The molecule has 5 nitrogen and oxygen atoms in total. The third kappa shape index (κ3) is 4.37. The molecule has 1 saturated heterocycles. The van der Waals surface area contributed by atoms with E-state index in [-0.39, 0.29) is 11.9 Å². The number of carbonyl (C=O) groups excluding carboxylic acids is 1. The summed E-state index contributed by atoms with van der Waals surface area (Å²) in [6, 6.07) is 6.36. The Bertz CT molecular complexity index is 505. The van der Waals surface area contributed by atoms with E-state index in [1.807, 2.05) is 18.2 Å². The molecule has 0 spiro atoms. The molecule has 1 amide bonds. The number of nitrogens with one attached hydrogen (secondary N) is 2. The first-order valence-corrected chi connectivity index (χ1v) is 7.87. The fraction of sp³-hybridized carbons (Fsp3) is 0.588. The van der Waals surface area contributed by atoms with E-state index in [2.05, 4.69) is 17.6 Å². The second-order valence-corrected chi connectivity index (χ2v) is 5.75. The predicted octanol–water partition coefficient (Wildman–Crippen LogP) is 1.89. The van der Waals surface area contributed by atoms with Crippen LogP contribution in [0.3, 0.4) is 0 Å². The first kappa shape index (κ1) is 16.6. The summed E-state index contributed by atoms with van der Waals surface area (Å²) in [5.74, 6) is 1.51. The summed E-state index contributed by atoms with van der Waals surface area (Å²) in [4.78, 5) is 12.1. The minimum Gasteiger partial charge on any atom is -0.493 e. The van der Waals surface area contributed by atoms with Gasteiger partial charge in [-0.15, -0.1) is 0 Å². The molecule has 1 aliphatic rings. The molecule has 1 heterocycles. The first-order chi connectivity index (χ1) is 10.6. The molecule has 1 aromatic carbocycles. The second-order valence-electron chi connectivity index (χ2n) is 5.75. The van der Waals surface area contributed by atoms with E-state index in [9.17, 15) is 4.79 Å². The van der Waals surface area contributed by atoms with Crippen LogP contribution in [0, 0.1) is 0 Å². The van der Waals surface area contributed by atoms with Crippen LogP contribution in [0.4, 0.5) is 0 Å². The first-order valence-electron chi connectivity index (χ1n) is 7.87. The third-order valence-electron chi connectivity index (χ3n) is 4.20. The number of hydrogen-bond donors (Lipinski definition) is 2. The van der Waals surface area contributed by atoms with Gasteiger partial charge in [-0.1, -0.05) is 6.07 Å². The predicted molar refractivity (Wildman–Crippen MR) is 86.5 cm³/mol. The summed E-state index contributed by atoms with van der Waals surface area (Å²) in [7, 11) is 3.23. The van der Waals surface area contributed by atoms with Crippen molar-refractivity contribution in [1.82, 2.24) is 10.6 Å². The zero-order valence-electron chi connectivity index (χ0n) is 13.6. The lowest BCUT2D eigenvalue weighted by molar-refractivity contribution is -0.122. The number of piperidine rings is 1. The maximum atomic E-state index is 12.1. The van der Waals surface area contributed by atoms with Crippen LogP contribution in [-0.4, -0.2) is 38.8 Å². The van der Waals surface area contributed by atoms with Gasteiger partial charge in [0.05, 0.1) is 14.2 Å². The summed E-state index contributed by atoms with van der Waals surface area (Å²) >= 11 is 0. The molecule has 2 N–H and O–H groups in total. The molecule has 2 atom stereocenters. The maximum Gasteiger partial charge on any atom is 0.220 e. The van der Waals surface area contributed by atoms with E-state index >= 15 is 0 Å². The van der Waals surface area contributed by atoms with E-state index in [1.165, 1.54) is 0 Å². The van der Waals surface area contributed by atoms with Crippen molar-refractivity contribution in [2.45, 2.75) is 44.7 Å². The molecule has 0 aromatic heterocycles. The van der Waals surface area contributed by atoms with Gasteiger partial charge in [-0.05, 0) is 50.4 Å². The minimum atomic E-state index is 0.107. The number of benzene rings is 1. The van der Waals surface area contributed by atoms with E-state index in [4.69, 9.17) is 9.47 Å². The van der Waals surface area contributed by atoms with Crippen LogP contribution < -0.4 is 20.1 Å². The summed E-state index contributed by atoms with van der Waals surface area (Å²) in [6.45, 7) is 3.16. The van der Waals surface area contributed by atoms with Crippen molar-refractivity contribution >= 4 is 5.91 Å². The van der Waals surface area contributed by atoms with E-state index in [0.717, 1.165) is 24.9 Å². The van der Waals surface area contributed by atoms with Gasteiger partial charge in [0.2, 0.25) is 5.91 Å². The lowest BCUT2D eigenvalue weighted by Gasteiger charge is -2.30. The molecule has 2 rings (SSSR count). The fourth-order valence-electron chi connectivity index (χ4n) is 2.81.